The van der Waals surface area contributed by atoms with Crippen LogP contribution in [-0.2, 0) is 16.1 Å². The Morgan fingerprint density at radius 3 is 2.38 bits per heavy atom. The van der Waals surface area contributed by atoms with Gasteiger partial charge in [0, 0.05) is 11.1 Å². The zero-order chi connectivity index (χ0) is 33.8. The predicted molar refractivity (Wildman–Crippen MR) is 185 cm³/mol. The van der Waals surface area contributed by atoms with E-state index in [9.17, 15) is 14.0 Å². The average molecular weight is 663 g/mol. The van der Waals surface area contributed by atoms with Gasteiger partial charge in [-0.15, -0.1) is 0 Å². The summed E-state index contributed by atoms with van der Waals surface area (Å²) in [6.07, 6.45) is 1.75. The number of para-hydroxylation sites is 1. The van der Waals surface area contributed by atoms with Gasteiger partial charge in [0.15, 0.2) is 16.3 Å². The van der Waals surface area contributed by atoms with Gasteiger partial charge >= 0.3 is 5.97 Å². The van der Waals surface area contributed by atoms with Crippen LogP contribution < -0.4 is 24.4 Å². The van der Waals surface area contributed by atoms with E-state index >= 15 is 0 Å². The number of ether oxygens (including phenoxy) is 3. The molecular formula is C39H35FN2O5S. The maximum Gasteiger partial charge on any atom is 0.338 e. The largest absolute Gasteiger partial charge is 0.493 e. The zero-order valence-electron chi connectivity index (χ0n) is 27.1. The minimum Gasteiger partial charge on any atom is -0.493 e. The number of rotatable bonds is 10. The number of carbonyl (C=O) groups excluding carboxylic acids is 1. The SMILES string of the molecule is CCOC(=O)C1=C(c2ccccc2)N=c2s/c(=C\c3cccc(OC)c3OCc3ccc(F)cc3)c(=O)n2[C@H]1c1ccc(C(C)C)cc1. The number of aromatic nitrogens is 1. The van der Waals surface area contributed by atoms with Gasteiger partial charge in [0.25, 0.3) is 5.56 Å². The molecular weight excluding hydrogens is 628 g/mol. The van der Waals surface area contributed by atoms with Crippen molar-refractivity contribution in [2.24, 2.45) is 4.99 Å². The Kier molecular flexibility index (Phi) is 9.68. The fraction of sp³-hybridized carbons (Fsp3) is 0.205. The van der Waals surface area contributed by atoms with Gasteiger partial charge in [0.1, 0.15) is 12.4 Å². The summed E-state index contributed by atoms with van der Waals surface area (Å²) in [5.74, 6) is 0.369. The summed E-state index contributed by atoms with van der Waals surface area (Å²) >= 11 is 1.23. The monoisotopic (exact) mass is 662 g/mol. The molecule has 244 valence electrons. The van der Waals surface area contributed by atoms with Gasteiger partial charge in [-0.05, 0) is 53.8 Å². The van der Waals surface area contributed by atoms with Crippen LogP contribution in [0.3, 0.4) is 0 Å². The van der Waals surface area contributed by atoms with Crippen molar-refractivity contribution in [3.63, 3.8) is 0 Å². The van der Waals surface area contributed by atoms with Crippen molar-refractivity contribution < 1.29 is 23.4 Å². The van der Waals surface area contributed by atoms with E-state index in [1.165, 1.54) is 23.5 Å². The molecule has 0 spiro atoms. The molecule has 48 heavy (non-hydrogen) atoms. The molecule has 0 fully saturated rings. The number of hydrogen-bond donors (Lipinski definition) is 0. The Morgan fingerprint density at radius 1 is 0.979 bits per heavy atom. The Bertz CT molecular complexity index is 2150. The van der Waals surface area contributed by atoms with E-state index < -0.39 is 12.0 Å². The highest BCUT2D eigenvalue weighted by atomic mass is 32.1. The summed E-state index contributed by atoms with van der Waals surface area (Å²) in [6.45, 7) is 6.33. The molecule has 7 nitrogen and oxygen atoms in total. The Balaban J connectivity index is 1.55. The van der Waals surface area contributed by atoms with Crippen molar-refractivity contribution in [3.8, 4) is 11.5 Å². The summed E-state index contributed by atoms with van der Waals surface area (Å²) in [5.41, 5.74) is 4.49. The van der Waals surface area contributed by atoms with E-state index in [0.717, 1.165) is 22.3 Å². The molecule has 1 aliphatic rings. The van der Waals surface area contributed by atoms with Crippen molar-refractivity contribution in [3.05, 3.63) is 156 Å². The number of halogens is 1. The summed E-state index contributed by atoms with van der Waals surface area (Å²) in [5, 5.41) is 0. The van der Waals surface area contributed by atoms with E-state index in [0.29, 0.717) is 43.6 Å². The third kappa shape index (κ3) is 6.59. The number of nitrogens with zero attached hydrogens (tertiary/aromatic N) is 2. The first-order chi connectivity index (χ1) is 23.3. The molecule has 2 heterocycles. The van der Waals surface area contributed by atoms with E-state index in [1.54, 1.807) is 42.9 Å². The molecule has 1 aromatic heterocycles. The van der Waals surface area contributed by atoms with Gasteiger partial charge in [-0.1, -0.05) is 104 Å². The number of esters is 1. The number of methoxy groups -OCH3 is 1. The van der Waals surface area contributed by atoms with E-state index in [2.05, 4.69) is 13.8 Å². The minimum absolute atomic E-state index is 0.165. The Labute approximate surface area is 281 Å². The fourth-order valence-corrected chi connectivity index (χ4v) is 6.65. The van der Waals surface area contributed by atoms with Crippen molar-refractivity contribution in [2.45, 2.75) is 39.3 Å². The van der Waals surface area contributed by atoms with Gasteiger partial charge in [0.05, 0.1) is 35.6 Å². The predicted octanol–water partition coefficient (Wildman–Crippen LogP) is 6.79. The molecule has 1 aliphatic heterocycles. The highest BCUT2D eigenvalue weighted by Gasteiger charge is 2.35. The average Bonchev–Trinajstić information content (AvgIpc) is 3.41. The molecule has 6 rings (SSSR count). The molecule has 5 aromatic rings. The second-order valence-corrected chi connectivity index (χ2v) is 12.6. The number of carbonyl (C=O) groups is 1. The van der Waals surface area contributed by atoms with Crippen LogP contribution in [-0.4, -0.2) is 24.3 Å². The number of hydrogen-bond acceptors (Lipinski definition) is 7. The lowest BCUT2D eigenvalue weighted by molar-refractivity contribution is -0.138. The second kappa shape index (κ2) is 14.2. The Morgan fingerprint density at radius 2 is 1.71 bits per heavy atom. The summed E-state index contributed by atoms with van der Waals surface area (Å²) in [4.78, 5) is 33.6. The van der Waals surface area contributed by atoms with Crippen molar-refractivity contribution in [1.29, 1.82) is 0 Å². The molecule has 0 radical (unpaired) electrons. The van der Waals surface area contributed by atoms with Crippen LogP contribution in [0.25, 0.3) is 11.8 Å². The van der Waals surface area contributed by atoms with Gasteiger partial charge in [-0.2, -0.15) is 0 Å². The fourth-order valence-electron chi connectivity index (χ4n) is 5.66. The lowest BCUT2D eigenvalue weighted by Gasteiger charge is -2.26. The maximum absolute atomic E-state index is 14.4. The van der Waals surface area contributed by atoms with Crippen LogP contribution in [0.5, 0.6) is 11.5 Å². The van der Waals surface area contributed by atoms with Crippen LogP contribution in [0, 0.1) is 5.82 Å². The number of fused-ring (bicyclic) bond motifs is 1. The summed E-state index contributed by atoms with van der Waals surface area (Å²) < 4.78 is 32.9. The Hall–Kier alpha value is -5.28. The molecule has 4 aromatic carbocycles. The standard InChI is InChI=1S/C39H35FN2O5S/c1-5-46-38(44)33-34(27-10-7-6-8-11-27)41-39-42(35(33)28-18-16-26(17-19-28)24(2)3)37(43)32(48-39)22-29-12-9-13-31(45-4)36(29)47-23-25-14-20-30(40)21-15-25/h6-22,24,35H,5,23H2,1-4H3/b32-22-/t35-/m0/s1. The van der Waals surface area contributed by atoms with E-state index in [1.807, 2.05) is 66.7 Å². The summed E-state index contributed by atoms with van der Waals surface area (Å²) in [7, 11) is 1.55. The van der Waals surface area contributed by atoms with Crippen LogP contribution in [0.1, 0.15) is 60.5 Å². The molecule has 0 aliphatic carbocycles. The zero-order valence-corrected chi connectivity index (χ0v) is 27.9. The van der Waals surface area contributed by atoms with Crippen LogP contribution in [0.2, 0.25) is 0 Å². The highest BCUT2D eigenvalue weighted by Crippen LogP contribution is 2.36. The van der Waals surface area contributed by atoms with Gasteiger partial charge in [0.2, 0.25) is 0 Å². The van der Waals surface area contributed by atoms with E-state index in [4.69, 9.17) is 19.2 Å². The molecule has 0 saturated carbocycles. The quantitative estimate of drug-likeness (QED) is 0.154. The molecule has 0 saturated heterocycles. The van der Waals surface area contributed by atoms with Gasteiger partial charge < -0.3 is 14.2 Å². The minimum atomic E-state index is -0.779. The molecule has 9 heteroatoms. The van der Waals surface area contributed by atoms with Crippen LogP contribution in [0.4, 0.5) is 4.39 Å². The maximum atomic E-state index is 14.4. The third-order valence-corrected chi connectivity index (χ3v) is 9.09. The molecule has 0 unspecified atom stereocenters. The van der Waals surface area contributed by atoms with Crippen LogP contribution >= 0.6 is 11.3 Å². The highest BCUT2D eigenvalue weighted by molar-refractivity contribution is 7.07. The van der Waals surface area contributed by atoms with Crippen molar-refractivity contribution >= 4 is 29.1 Å². The number of thiazole rings is 1. The van der Waals surface area contributed by atoms with Crippen LogP contribution in [0.15, 0.2) is 112 Å². The molecule has 1 atom stereocenters. The smallest absolute Gasteiger partial charge is 0.338 e. The van der Waals surface area contributed by atoms with Crippen molar-refractivity contribution in [1.82, 2.24) is 4.57 Å². The normalized spacial score (nSPS) is 14.5. The lowest BCUT2D eigenvalue weighted by Crippen LogP contribution is -2.40. The third-order valence-electron chi connectivity index (χ3n) is 8.10. The topological polar surface area (TPSA) is 79.1 Å². The van der Waals surface area contributed by atoms with Gasteiger partial charge in [-0.3, -0.25) is 9.36 Å². The second-order valence-electron chi connectivity index (χ2n) is 11.5. The van der Waals surface area contributed by atoms with Crippen molar-refractivity contribution in [2.75, 3.05) is 13.7 Å². The number of benzene rings is 4. The molecule has 0 amide bonds. The first-order valence-corrected chi connectivity index (χ1v) is 16.5. The lowest BCUT2D eigenvalue weighted by atomic mass is 9.91. The first-order valence-electron chi connectivity index (χ1n) is 15.7. The first kappa shape index (κ1) is 32.7. The molecule has 0 bridgehead atoms. The van der Waals surface area contributed by atoms with Gasteiger partial charge in [-0.25, -0.2) is 14.2 Å². The van der Waals surface area contributed by atoms with E-state index in [-0.39, 0.29) is 24.6 Å². The summed E-state index contributed by atoms with van der Waals surface area (Å²) in [6, 6.07) is 28.2. The molecule has 0 N–H and O–H groups in total.